The van der Waals surface area contributed by atoms with E-state index in [1.807, 2.05) is 18.3 Å². The number of rotatable bonds is 3. The molecule has 2 bridgehead atoms. The van der Waals surface area contributed by atoms with Crippen LogP contribution in [0, 0.1) is 5.92 Å². The Morgan fingerprint density at radius 1 is 1.26 bits per heavy atom. The topological polar surface area (TPSA) is 52.0 Å². The maximum absolute atomic E-state index is 13.4. The van der Waals surface area contributed by atoms with Crippen LogP contribution in [0.3, 0.4) is 0 Å². The van der Waals surface area contributed by atoms with Gasteiger partial charge < -0.3 is 9.80 Å². The van der Waals surface area contributed by atoms with E-state index in [1.165, 1.54) is 6.42 Å². The fraction of sp³-hybridized carbons (Fsp3) is 0.550. The molecule has 0 N–H and O–H groups in total. The van der Waals surface area contributed by atoms with Gasteiger partial charge in [0.25, 0.3) is 5.91 Å². The number of fused-ring (bicyclic) bond motifs is 5. The molecule has 6 rings (SSSR count). The fourth-order valence-electron chi connectivity index (χ4n) is 4.72. The Kier molecular flexibility index (Phi) is 4.44. The molecular weight excluding hydrogens is 358 g/mol. The van der Waals surface area contributed by atoms with Crippen LogP contribution in [0.15, 0.2) is 40.0 Å². The second kappa shape index (κ2) is 6.95. The molecule has 0 radical (unpaired) electrons. The van der Waals surface area contributed by atoms with Crippen molar-refractivity contribution >= 4 is 22.8 Å². The molecule has 0 unspecified atom stereocenters. The van der Waals surface area contributed by atoms with Crippen molar-refractivity contribution in [3.8, 4) is 0 Å². The van der Waals surface area contributed by atoms with Crippen LogP contribution in [0.25, 0.3) is 0 Å². The lowest BCUT2D eigenvalue weighted by molar-refractivity contribution is -0.130. The van der Waals surface area contributed by atoms with Crippen molar-refractivity contribution in [2.24, 2.45) is 10.9 Å². The minimum absolute atomic E-state index is 0.212. The summed E-state index contributed by atoms with van der Waals surface area (Å²) < 4.78 is 0. The highest BCUT2D eigenvalue weighted by molar-refractivity contribution is 8.18. The lowest BCUT2D eigenvalue weighted by atomic mass is 9.95. The van der Waals surface area contributed by atoms with Crippen LogP contribution in [-0.4, -0.2) is 69.5 Å². The molecule has 1 amide bonds. The lowest BCUT2D eigenvalue weighted by Gasteiger charge is -2.36. The number of hydrogen-bond acceptors (Lipinski definition) is 6. The number of carbonyl (C=O) groups is 1. The van der Waals surface area contributed by atoms with Gasteiger partial charge in [-0.25, -0.2) is 0 Å². The van der Waals surface area contributed by atoms with E-state index in [9.17, 15) is 4.79 Å². The molecule has 1 aromatic heterocycles. The summed E-state index contributed by atoms with van der Waals surface area (Å²) in [6.45, 7) is 7.58. The van der Waals surface area contributed by atoms with E-state index in [2.05, 4.69) is 37.7 Å². The summed E-state index contributed by atoms with van der Waals surface area (Å²) in [6.07, 6.45) is 4.19. The Balaban J connectivity index is 1.33. The van der Waals surface area contributed by atoms with Gasteiger partial charge in [-0.05, 0) is 49.6 Å². The van der Waals surface area contributed by atoms with Crippen LogP contribution in [0.1, 0.15) is 25.5 Å². The molecule has 7 heteroatoms. The lowest BCUT2D eigenvalue weighted by Crippen LogP contribution is -2.47. The van der Waals surface area contributed by atoms with E-state index in [1.54, 1.807) is 11.8 Å². The molecule has 3 saturated heterocycles. The Morgan fingerprint density at radius 3 is 3.00 bits per heavy atom. The highest BCUT2D eigenvalue weighted by Gasteiger charge is 2.41. The molecule has 0 spiro atoms. The summed E-state index contributed by atoms with van der Waals surface area (Å²) in [6, 6.07) is 6.40. The van der Waals surface area contributed by atoms with Gasteiger partial charge in [-0.3, -0.25) is 19.7 Å². The van der Waals surface area contributed by atoms with Crippen LogP contribution in [0.4, 0.5) is 0 Å². The van der Waals surface area contributed by atoms with E-state index in [4.69, 9.17) is 0 Å². The first kappa shape index (κ1) is 17.3. The number of amides is 1. The van der Waals surface area contributed by atoms with E-state index in [-0.39, 0.29) is 5.91 Å². The average molecular weight is 384 g/mol. The van der Waals surface area contributed by atoms with E-state index < -0.39 is 0 Å². The summed E-state index contributed by atoms with van der Waals surface area (Å²) in [7, 11) is 0. The molecule has 2 atom stereocenters. The van der Waals surface area contributed by atoms with E-state index in [0.29, 0.717) is 12.0 Å². The number of carbonyl (C=O) groups excluding carboxylic acids is 1. The van der Waals surface area contributed by atoms with Crippen LogP contribution < -0.4 is 0 Å². The average Bonchev–Trinajstić information content (AvgIpc) is 3.14. The van der Waals surface area contributed by atoms with Gasteiger partial charge in [-0.2, -0.15) is 0 Å². The molecule has 142 valence electrons. The van der Waals surface area contributed by atoms with Gasteiger partial charge in [0.05, 0.1) is 17.1 Å². The quantitative estimate of drug-likeness (QED) is 0.801. The van der Waals surface area contributed by atoms with Gasteiger partial charge >= 0.3 is 0 Å². The Hall–Kier alpha value is -1.86. The van der Waals surface area contributed by atoms with Gasteiger partial charge in [-0.1, -0.05) is 6.07 Å². The number of piperidine rings is 1. The predicted molar refractivity (Wildman–Crippen MR) is 107 cm³/mol. The van der Waals surface area contributed by atoms with Gasteiger partial charge in [0.1, 0.15) is 0 Å². The second-order valence-electron chi connectivity index (χ2n) is 7.90. The largest absolute Gasteiger partial charge is 0.334 e. The normalized spacial score (nSPS) is 27.8. The Morgan fingerprint density at radius 2 is 2.19 bits per heavy atom. The fourth-order valence-corrected chi connectivity index (χ4v) is 5.86. The van der Waals surface area contributed by atoms with Crippen molar-refractivity contribution < 1.29 is 4.79 Å². The molecule has 0 aliphatic carbocycles. The predicted octanol–water partition coefficient (Wildman–Crippen LogP) is 2.15. The zero-order chi connectivity index (χ0) is 18.4. The molecule has 5 aliphatic rings. The molecule has 0 saturated carbocycles. The number of amidine groups is 1. The van der Waals surface area contributed by atoms with Crippen molar-refractivity contribution in [3.63, 3.8) is 0 Å². The maximum atomic E-state index is 13.4. The third-order valence-electron chi connectivity index (χ3n) is 6.08. The van der Waals surface area contributed by atoms with Crippen LogP contribution in [0.2, 0.25) is 0 Å². The Labute approximate surface area is 164 Å². The standard InChI is InChI=1S/C20H25N5OS/c1-14-18(27-20-22-8-9-24(14)20)19(26)25-11-15-5-6-17(25)13-23(10-15)12-16-4-2-3-7-21-16/h2-4,7,15,17H,5-6,8-13H2,1H3/t15-,17+/m0/s1. The van der Waals surface area contributed by atoms with Crippen molar-refractivity contribution in [1.29, 1.82) is 0 Å². The van der Waals surface area contributed by atoms with E-state index in [0.717, 1.165) is 67.2 Å². The summed E-state index contributed by atoms with van der Waals surface area (Å²) in [5.41, 5.74) is 2.20. The van der Waals surface area contributed by atoms with Crippen LogP contribution in [0.5, 0.6) is 0 Å². The molecule has 1 aromatic rings. The third-order valence-corrected chi connectivity index (χ3v) is 7.29. The summed E-state index contributed by atoms with van der Waals surface area (Å²) in [5.74, 6) is 0.768. The summed E-state index contributed by atoms with van der Waals surface area (Å²) >= 11 is 1.57. The smallest absolute Gasteiger partial charge is 0.262 e. The monoisotopic (exact) mass is 383 g/mol. The molecule has 6 heterocycles. The number of hydrogen-bond donors (Lipinski definition) is 0. The minimum atomic E-state index is 0.212. The highest BCUT2D eigenvalue weighted by Crippen LogP contribution is 2.39. The second-order valence-corrected chi connectivity index (χ2v) is 8.88. The molecule has 6 nitrogen and oxygen atoms in total. The zero-order valence-corrected chi connectivity index (χ0v) is 16.5. The van der Waals surface area contributed by atoms with Gasteiger partial charge in [0.15, 0.2) is 5.17 Å². The molecule has 0 aromatic carbocycles. The first-order valence-corrected chi connectivity index (χ1v) is 10.6. The number of aromatic nitrogens is 1. The SMILES string of the molecule is CC1=C(C(=O)N2C[C@H]3CC[C@@H]2CN(Cc2ccccn2)C3)SC2=NCCN21. The molecule has 27 heavy (non-hydrogen) atoms. The van der Waals surface area contributed by atoms with Crippen molar-refractivity contribution in [2.75, 3.05) is 32.7 Å². The maximum Gasteiger partial charge on any atom is 0.262 e. The number of allylic oxidation sites excluding steroid dienone is 1. The van der Waals surface area contributed by atoms with E-state index >= 15 is 0 Å². The first-order chi connectivity index (χ1) is 13.2. The van der Waals surface area contributed by atoms with Crippen molar-refractivity contribution in [1.82, 2.24) is 19.7 Å². The number of pyridine rings is 1. The number of thioether (sulfide) groups is 1. The van der Waals surface area contributed by atoms with Crippen molar-refractivity contribution in [3.05, 3.63) is 40.7 Å². The third kappa shape index (κ3) is 3.17. The summed E-state index contributed by atoms with van der Waals surface area (Å²) in [4.78, 5) is 30.1. The highest BCUT2D eigenvalue weighted by atomic mass is 32.2. The van der Waals surface area contributed by atoms with Crippen molar-refractivity contribution in [2.45, 2.75) is 32.4 Å². The molecule has 5 aliphatic heterocycles. The van der Waals surface area contributed by atoms with Gasteiger partial charge in [0, 0.05) is 50.7 Å². The number of nitrogens with zero attached hydrogens (tertiary/aromatic N) is 5. The summed E-state index contributed by atoms with van der Waals surface area (Å²) in [5, 5.41) is 1.01. The minimum Gasteiger partial charge on any atom is -0.334 e. The zero-order valence-electron chi connectivity index (χ0n) is 15.7. The molecular formula is C20H25N5OS. The van der Waals surface area contributed by atoms with Crippen LogP contribution in [-0.2, 0) is 11.3 Å². The number of aliphatic imine (C=N–C) groups is 1. The van der Waals surface area contributed by atoms with Gasteiger partial charge in [-0.15, -0.1) is 0 Å². The van der Waals surface area contributed by atoms with Gasteiger partial charge in [0.2, 0.25) is 0 Å². The van der Waals surface area contributed by atoms with Crippen LogP contribution >= 0.6 is 11.8 Å². The first-order valence-electron chi connectivity index (χ1n) is 9.83. The Bertz CT molecular complexity index is 808. The molecule has 3 fully saturated rings.